The molecule has 1 saturated carbocycles. The minimum atomic E-state index is -5.05. The van der Waals surface area contributed by atoms with Crippen LogP contribution in [-0.2, 0) is 27.9 Å². The lowest BCUT2D eigenvalue weighted by atomic mass is 9.85. The number of ether oxygens (including phenoxy) is 2. The van der Waals surface area contributed by atoms with Crippen LogP contribution in [0.25, 0.3) is 0 Å². The zero-order valence-electron chi connectivity index (χ0n) is 35.9. The van der Waals surface area contributed by atoms with Crippen molar-refractivity contribution in [1.29, 1.82) is 0 Å². The number of unbranched alkanes of at least 4 members (excludes halogenated alkanes) is 5. The topological polar surface area (TPSA) is 192 Å². The third-order valence-corrected chi connectivity index (χ3v) is 10.2. The summed E-state index contributed by atoms with van der Waals surface area (Å²) in [7, 11) is -5.05. The molecule has 13 heteroatoms. The molecule has 6 unspecified atom stereocenters. The summed E-state index contributed by atoms with van der Waals surface area (Å²) in [6, 6.07) is 0. The maximum Gasteiger partial charge on any atom is 0.472 e. The Morgan fingerprint density at radius 2 is 0.933 bits per heavy atom. The van der Waals surface area contributed by atoms with Crippen molar-refractivity contribution in [3.05, 3.63) is 109 Å². The Kier molecular flexibility index (Phi) is 33.6. The molecular weight excluding hydrogens is 787 g/mol. The summed E-state index contributed by atoms with van der Waals surface area (Å²) in [4.78, 5) is 23.0. The highest BCUT2D eigenvalue weighted by atomic mass is 31.2. The number of hydrogen-bond donors (Lipinski definition) is 6. The first-order valence-electron chi connectivity index (χ1n) is 21.7. The summed E-state index contributed by atoms with van der Waals surface area (Å²) < 4.78 is 34.0. The third kappa shape index (κ3) is 28.5. The van der Waals surface area contributed by atoms with Crippen LogP contribution < -0.4 is 0 Å². The zero-order valence-corrected chi connectivity index (χ0v) is 36.8. The van der Waals surface area contributed by atoms with Gasteiger partial charge in [0.2, 0.25) is 0 Å². The molecule has 6 atom stereocenters. The first kappa shape index (κ1) is 55.0. The van der Waals surface area contributed by atoms with Gasteiger partial charge in [-0.3, -0.25) is 13.8 Å². The molecule has 0 bridgehead atoms. The average molecular weight is 863 g/mol. The third-order valence-electron chi connectivity index (χ3n) is 9.17. The normalized spacial score (nSPS) is 23.4. The second-order valence-corrected chi connectivity index (χ2v) is 15.8. The maximum absolute atomic E-state index is 12.8. The summed E-state index contributed by atoms with van der Waals surface area (Å²) in [5.74, 6) is -0.617. The lowest BCUT2D eigenvalue weighted by Gasteiger charge is -2.41. The molecule has 1 aliphatic rings. The second kappa shape index (κ2) is 36.6. The van der Waals surface area contributed by atoms with Crippen molar-refractivity contribution in [1.82, 2.24) is 0 Å². The predicted molar refractivity (Wildman–Crippen MR) is 239 cm³/mol. The van der Waals surface area contributed by atoms with E-state index in [1.807, 2.05) is 18.2 Å². The molecule has 1 aliphatic carbocycles. The number of phosphoric acid groups is 1. The smallest absolute Gasteiger partial charge is 0.457 e. The van der Waals surface area contributed by atoms with Crippen molar-refractivity contribution in [2.24, 2.45) is 0 Å². The van der Waals surface area contributed by atoms with Gasteiger partial charge in [0, 0.05) is 6.61 Å². The van der Waals surface area contributed by atoms with Gasteiger partial charge < -0.3 is 39.9 Å². The molecule has 1 rings (SSSR count). The lowest BCUT2D eigenvalue weighted by molar-refractivity contribution is -0.220. The minimum absolute atomic E-state index is 0.0587. The van der Waals surface area contributed by atoms with Crippen LogP contribution in [-0.4, -0.2) is 98.9 Å². The lowest BCUT2D eigenvalue weighted by Crippen LogP contribution is -2.64. The van der Waals surface area contributed by atoms with E-state index in [1.54, 1.807) is 6.08 Å². The van der Waals surface area contributed by atoms with Crippen molar-refractivity contribution in [3.63, 3.8) is 0 Å². The van der Waals surface area contributed by atoms with Crippen molar-refractivity contribution < 1.29 is 58.3 Å². The first-order valence-corrected chi connectivity index (χ1v) is 23.2. The number of aliphatic hydroxyl groups is 5. The largest absolute Gasteiger partial charge is 0.472 e. The van der Waals surface area contributed by atoms with Crippen LogP contribution in [0.2, 0.25) is 0 Å². The summed E-state index contributed by atoms with van der Waals surface area (Å²) in [5, 5.41) is 50.1. The molecule has 0 amide bonds. The highest BCUT2D eigenvalue weighted by molar-refractivity contribution is 7.47. The molecule has 0 aromatic carbocycles. The Bertz CT molecular complexity index is 1400. The van der Waals surface area contributed by atoms with Gasteiger partial charge in [-0.15, -0.1) is 0 Å². The summed E-state index contributed by atoms with van der Waals surface area (Å²) in [5.41, 5.74) is 0. The molecule has 0 aliphatic heterocycles. The van der Waals surface area contributed by atoms with E-state index in [9.17, 15) is 39.8 Å². The summed E-state index contributed by atoms with van der Waals surface area (Å²) in [6.07, 6.45) is 39.0. The van der Waals surface area contributed by atoms with Crippen molar-refractivity contribution in [3.8, 4) is 0 Å². The van der Waals surface area contributed by atoms with Gasteiger partial charge in [-0.2, -0.15) is 0 Å². The van der Waals surface area contributed by atoms with Crippen LogP contribution >= 0.6 is 7.82 Å². The van der Waals surface area contributed by atoms with Crippen LogP contribution in [0.5, 0.6) is 0 Å². The van der Waals surface area contributed by atoms with Gasteiger partial charge in [-0.05, 0) is 77.0 Å². The minimum Gasteiger partial charge on any atom is -0.457 e. The number of carbonyl (C=O) groups excluding carboxylic acids is 1. The SMILES string of the molecule is CC/C=C\C/C=C\C/C=C\C/C=C\C/C=C\CC(=O)OC(COCCCCCCC/C=C\C/C=C\C/C=C\C/C=C\CC)COP(=O)(O)OC1C(O)C(O)C(O)C(O)C1O. The maximum atomic E-state index is 12.8. The number of phosphoric ester groups is 1. The Labute approximate surface area is 359 Å². The molecule has 6 N–H and O–H groups in total. The van der Waals surface area contributed by atoms with Crippen LogP contribution in [0.15, 0.2) is 109 Å². The van der Waals surface area contributed by atoms with Crippen LogP contribution in [0.4, 0.5) is 0 Å². The van der Waals surface area contributed by atoms with E-state index in [4.69, 9.17) is 18.5 Å². The fourth-order valence-corrected chi connectivity index (χ4v) is 6.75. The summed E-state index contributed by atoms with van der Waals surface area (Å²) >= 11 is 0. The Morgan fingerprint density at radius 3 is 1.42 bits per heavy atom. The zero-order chi connectivity index (χ0) is 44.1. The number of rotatable bonds is 34. The molecular formula is C47H75O12P. The van der Waals surface area contributed by atoms with Gasteiger partial charge in [0.15, 0.2) is 0 Å². The second-order valence-electron chi connectivity index (χ2n) is 14.4. The highest BCUT2D eigenvalue weighted by Crippen LogP contribution is 2.47. The molecule has 0 aromatic rings. The van der Waals surface area contributed by atoms with Gasteiger partial charge in [0.05, 0.1) is 19.6 Å². The Hall–Kier alpha value is -3.00. The van der Waals surface area contributed by atoms with E-state index in [0.717, 1.165) is 89.9 Å². The quantitative estimate of drug-likeness (QED) is 0.0157. The molecule has 0 aromatic heterocycles. The van der Waals surface area contributed by atoms with Gasteiger partial charge in [0.1, 0.15) is 42.7 Å². The van der Waals surface area contributed by atoms with Gasteiger partial charge in [-0.1, -0.05) is 142 Å². The van der Waals surface area contributed by atoms with E-state index in [2.05, 4.69) is 98.9 Å². The highest BCUT2D eigenvalue weighted by Gasteiger charge is 2.51. The van der Waals surface area contributed by atoms with Crippen LogP contribution in [0, 0.1) is 0 Å². The molecule has 0 spiro atoms. The van der Waals surface area contributed by atoms with E-state index in [-0.39, 0.29) is 13.0 Å². The molecule has 1 fully saturated rings. The Balaban J connectivity index is 2.51. The van der Waals surface area contributed by atoms with E-state index >= 15 is 0 Å². The van der Waals surface area contributed by atoms with Gasteiger partial charge in [0.25, 0.3) is 0 Å². The van der Waals surface area contributed by atoms with E-state index in [1.165, 1.54) is 0 Å². The number of carbonyl (C=O) groups is 1. The average Bonchev–Trinajstić information content (AvgIpc) is 3.23. The number of allylic oxidation sites excluding steroid dienone is 17. The molecule has 0 heterocycles. The number of esters is 1. The first-order chi connectivity index (χ1) is 29.0. The van der Waals surface area contributed by atoms with Crippen LogP contribution in [0.3, 0.4) is 0 Å². The van der Waals surface area contributed by atoms with E-state index < -0.39 is 63.1 Å². The van der Waals surface area contributed by atoms with Crippen molar-refractivity contribution >= 4 is 13.8 Å². The monoisotopic (exact) mass is 862 g/mol. The number of hydrogen-bond acceptors (Lipinski definition) is 11. The van der Waals surface area contributed by atoms with E-state index in [0.29, 0.717) is 13.0 Å². The van der Waals surface area contributed by atoms with Gasteiger partial charge >= 0.3 is 13.8 Å². The van der Waals surface area contributed by atoms with Crippen molar-refractivity contribution in [2.45, 2.75) is 159 Å². The fraction of sp³-hybridized carbons (Fsp3) is 0.596. The standard InChI is InChI=1S/C47H75O12P/c1-3-5-7-9-11-13-15-17-19-20-21-23-25-27-29-31-33-35-37-56-38-40(39-57-60(54,55)59-47-45(52)43(50)42(49)44(51)46(47)53)58-41(48)36-34-32-30-28-26-24-22-18-16-14-12-10-8-6-4-2/h5-8,11-14,17-19,21-23,26,28,32,34,40,42-47,49-53H,3-4,9-10,15-16,20,24-25,27,29-31,33,35-39H2,1-2H3,(H,54,55)/b7-5-,8-6-,13-11-,14-12-,19-17-,22-18-,23-21-,28-26-,34-32-. The number of aliphatic hydroxyl groups excluding tert-OH is 5. The fourth-order valence-electron chi connectivity index (χ4n) is 5.77. The predicted octanol–water partition coefficient (Wildman–Crippen LogP) is 8.52. The molecule has 0 radical (unpaired) electrons. The van der Waals surface area contributed by atoms with Gasteiger partial charge in [-0.25, -0.2) is 4.57 Å². The molecule has 60 heavy (non-hydrogen) atoms. The molecule has 340 valence electrons. The molecule has 0 saturated heterocycles. The summed E-state index contributed by atoms with van der Waals surface area (Å²) in [6.45, 7) is 3.84. The molecule has 12 nitrogen and oxygen atoms in total. The Morgan fingerprint density at radius 1 is 0.533 bits per heavy atom. The van der Waals surface area contributed by atoms with Crippen molar-refractivity contribution in [2.75, 3.05) is 19.8 Å². The van der Waals surface area contributed by atoms with Crippen LogP contribution in [0.1, 0.15) is 117 Å².